The molecule has 0 spiro atoms. The molecule has 0 aliphatic carbocycles. The van der Waals surface area contributed by atoms with Gasteiger partial charge in [-0.05, 0) is 19.2 Å². The van der Waals surface area contributed by atoms with Gasteiger partial charge in [0.1, 0.15) is 5.01 Å². The van der Waals surface area contributed by atoms with E-state index < -0.39 is 0 Å². The van der Waals surface area contributed by atoms with E-state index >= 15 is 0 Å². The maximum atomic E-state index is 5.86. The molecule has 2 rings (SSSR count). The van der Waals surface area contributed by atoms with Gasteiger partial charge in [-0.1, -0.05) is 11.6 Å². The van der Waals surface area contributed by atoms with Crippen LogP contribution in [-0.2, 0) is 6.54 Å². The Morgan fingerprint density at radius 1 is 1.50 bits per heavy atom. The average molecular weight is 245 g/mol. The zero-order valence-corrected chi connectivity index (χ0v) is 9.97. The Kier molecular flexibility index (Phi) is 3.18. The van der Waals surface area contributed by atoms with Crippen molar-refractivity contribution < 1.29 is 0 Å². The number of aromatic nitrogens is 1. The molecule has 5 heteroatoms. The van der Waals surface area contributed by atoms with Crippen molar-refractivity contribution in [3.63, 3.8) is 0 Å². The fourth-order valence-electron chi connectivity index (χ4n) is 1.11. The fourth-order valence-corrected chi connectivity index (χ4v) is 3.05. The molecule has 74 valence electrons. The predicted octanol–water partition coefficient (Wildman–Crippen LogP) is 3.24. The summed E-state index contributed by atoms with van der Waals surface area (Å²) in [6, 6.07) is 3.91. The number of nitrogens with one attached hydrogen (secondary N) is 1. The van der Waals surface area contributed by atoms with Gasteiger partial charge in [0.15, 0.2) is 0 Å². The fraction of sp³-hybridized carbons (Fsp3) is 0.222. The highest BCUT2D eigenvalue weighted by atomic mass is 35.5. The molecule has 0 saturated heterocycles. The highest BCUT2D eigenvalue weighted by Gasteiger charge is 2.06. The lowest BCUT2D eigenvalue weighted by atomic mass is 10.4. The third-order valence-corrected chi connectivity index (χ3v) is 3.99. The minimum Gasteiger partial charge on any atom is -0.314 e. The summed E-state index contributed by atoms with van der Waals surface area (Å²) in [6.45, 7) is 0.815. The summed E-state index contributed by atoms with van der Waals surface area (Å²) in [7, 11) is 1.92. The Bertz CT molecular complexity index is 422. The lowest BCUT2D eigenvalue weighted by Crippen LogP contribution is -2.04. The van der Waals surface area contributed by atoms with Gasteiger partial charge in [-0.25, -0.2) is 4.98 Å². The van der Waals surface area contributed by atoms with Gasteiger partial charge >= 0.3 is 0 Å². The van der Waals surface area contributed by atoms with Crippen molar-refractivity contribution in [3.05, 3.63) is 27.5 Å². The van der Waals surface area contributed by atoms with Crippen LogP contribution in [0.1, 0.15) is 5.69 Å². The van der Waals surface area contributed by atoms with Crippen molar-refractivity contribution in [2.45, 2.75) is 6.54 Å². The van der Waals surface area contributed by atoms with Gasteiger partial charge < -0.3 is 5.32 Å². The highest BCUT2D eigenvalue weighted by Crippen LogP contribution is 2.32. The summed E-state index contributed by atoms with van der Waals surface area (Å²) >= 11 is 9.08. The van der Waals surface area contributed by atoms with Crippen LogP contribution in [0.4, 0.5) is 0 Å². The number of rotatable bonds is 3. The molecule has 0 radical (unpaired) electrons. The highest BCUT2D eigenvalue weighted by molar-refractivity contribution is 7.23. The van der Waals surface area contributed by atoms with Crippen LogP contribution in [-0.4, -0.2) is 12.0 Å². The Morgan fingerprint density at radius 3 is 3.00 bits per heavy atom. The standard InChI is InChI=1S/C9H9ClN2S2/c1-11-4-6-5-13-9(12-6)7-2-3-8(10)14-7/h2-3,5,11H,4H2,1H3. The van der Waals surface area contributed by atoms with E-state index in [1.54, 1.807) is 22.7 Å². The number of hydrogen-bond donors (Lipinski definition) is 1. The first kappa shape index (κ1) is 10.1. The quantitative estimate of drug-likeness (QED) is 0.897. The van der Waals surface area contributed by atoms with Crippen LogP contribution in [0.3, 0.4) is 0 Å². The first-order valence-corrected chi connectivity index (χ1v) is 6.21. The largest absolute Gasteiger partial charge is 0.314 e. The number of thiazole rings is 1. The van der Waals surface area contributed by atoms with Crippen molar-refractivity contribution >= 4 is 34.3 Å². The molecular weight excluding hydrogens is 236 g/mol. The molecule has 0 aliphatic rings. The first-order chi connectivity index (χ1) is 6.79. The first-order valence-electron chi connectivity index (χ1n) is 4.14. The second-order valence-electron chi connectivity index (χ2n) is 2.78. The van der Waals surface area contributed by atoms with Gasteiger partial charge in [0.05, 0.1) is 14.9 Å². The van der Waals surface area contributed by atoms with E-state index in [-0.39, 0.29) is 0 Å². The number of hydrogen-bond acceptors (Lipinski definition) is 4. The molecule has 0 aromatic carbocycles. The van der Waals surface area contributed by atoms with Gasteiger partial charge in [0.25, 0.3) is 0 Å². The van der Waals surface area contributed by atoms with Gasteiger partial charge in [-0.15, -0.1) is 22.7 Å². The third kappa shape index (κ3) is 2.15. The van der Waals surface area contributed by atoms with Crippen LogP contribution >= 0.6 is 34.3 Å². The Balaban J connectivity index is 2.24. The summed E-state index contributed by atoms with van der Waals surface area (Å²) < 4.78 is 0.811. The van der Waals surface area contributed by atoms with Crippen LogP contribution in [0.2, 0.25) is 4.34 Å². The monoisotopic (exact) mass is 244 g/mol. The van der Waals surface area contributed by atoms with E-state index in [1.807, 2.05) is 19.2 Å². The summed E-state index contributed by atoms with van der Waals surface area (Å²) in [5, 5.41) is 6.19. The molecule has 2 nitrogen and oxygen atoms in total. The lowest BCUT2D eigenvalue weighted by molar-refractivity contribution is 0.798. The SMILES string of the molecule is CNCc1csc(-c2ccc(Cl)s2)n1. The smallest absolute Gasteiger partial charge is 0.133 e. The second kappa shape index (κ2) is 4.40. The minimum atomic E-state index is 0.811. The lowest BCUT2D eigenvalue weighted by Gasteiger charge is -1.91. The van der Waals surface area contributed by atoms with E-state index in [0.717, 1.165) is 26.5 Å². The van der Waals surface area contributed by atoms with Gasteiger partial charge in [0, 0.05) is 11.9 Å². The van der Waals surface area contributed by atoms with E-state index in [2.05, 4.69) is 15.7 Å². The maximum absolute atomic E-state index is 5.86. The topological polar surface area (TPSA) is 24.9 Å². The second-order valence-corrected chi connectivity index (χ2v) is 5.35. The summed E-state index contributed by atoms with van der Waals surface area (Å²) in [4.78, 5) is 5.63. The molecule has 0 unspecified atom stereocenters. The van der Waals surface area contributed by atoms with Crippen LogP contribution in [0.25, 0.3) is 9.88 Å². The molecule has 2 heterocycles. The molecular formula is C9H9ClN2S2. The van der Waals surface area contributed by atoms with Crippen molar-refractivity contribution in [1.29, 1.82) is 0 Å². The van der Waals surface area contributed by atoms with E-state index in [1.165, 1.54) is 0 Å². The van der Waals surface area contributed by atoms with E-state index in [0.29, 0.717) is 0 Å². The minimum absolute atomic E-state index is 0.811. The predicted molar refractivity (Wildman–Crippen MR) is 63.2 cm³/mol. The van der Waals surface area contributed by atoms with Crippen LogP contribution in [0, 0.1) is 0 Å². The number of thiophene rings is 1. The van der Waals surface area contributed by atoms with E-state index in [9.17, 15) is 0 Å². The Morgan fingerprint density at radius 2 is 2.36 bits per heavy atom. The molecule has 0 fully saturated rings. The molecule has 0 amide bonds. The van der Waals surface area contributed by atoms with Crippen molar-refractivity contribution in [2.24, 2.45) is 0 Å². The molecule has 0 saturated carbocycles. The van der Waals surface area contributed by atoms with Gasteiger partial charge in [-0.2, -0.15) is 0 Å². The molecule has 2 aromatic rings. The summed E-state index contributed by atoms with van der Waals surface area (Å²) in [5.74, 6) is 0. The zero-order valence-electron chi connectivity index (χ0n) is 7.58. The van der Waals surface area contributed by atoms with Crippen LogP contribution < -0.4 is 5.32 Å². The van der Waals surface area contributed by atoms with Crippen molar-refractivity contribution in [3.8, 4) is 9.88 Å². The molecule has 0 atom stereocenters. The van der Waals surface area contributed by atoms with Crippen LogP contribution in [0.15, 0.2) is 17.5 Å². The Hall–Kier alpha value is -0.420. The average Bonchev–Trinajstić information content (AvgIpc) is 2.74. The molecule has 0 aliphatic heterocycles. The number of nitrogens with zero attached hydrogens (tertiary/aromatic N) is 1. The summed E-state index contributed by atoms with van der Waals surface area (Å²) in [6.07, 6.45) is 0. The maximum Gasteiger partial charge on any atom is 0.133 e. The molecule has 2 aromatic heterocycles. The zero-order chi connectivity index (χ0) is 9.97. The normalized spacial score (nSPS) is 10.7. The van der Waals surface area contributed by atoms with Gasteiger partial charge in [-0.3, -0.25) is 0 Å². The van der Waals surface area contributed by atoms with Crippen molar-refractivity contribution in [2.75, 3.05) is 7.05 Å². The van der Waals surface area contributed by atoms with E-state index in [4.69, 9.17) is 11.6 Å². The molecule has 1 N–H and O–H groups in total. The Labute approximate surface area is 95.6 Å². The molecule has 0 bridgehead atoms. The van der Waals surface area contributed by atoms with Gasteiger partial charge in [0.2, 0.25) is 0 Å². The number of halogens is 1. The molecule has 14 heavy (non-hydrogen) atoms. The van der Waals surface area contributed by atoms with Crippen LogP contribution in [0.5, 0.6) is 0 Å². The van der Waals surface area contributed by atoms with Crippen molar-refractivity contribution in [1.82, 2.24) is 10.3 Å². The third-order valence-electron chi connectivity index (χ3n) is 1.69. The summed E-state index contributed by atoms with van der Waals surface area (Å²) in [5.41, 5.74) is 1.08.